The number of fused-ring (bicyclic) bond motifs is 2. The number of amides is 2. The van der Waals surface area contributed by atoms with Gasteiger partial charge in [-0.25, -0.2) is 32.6 Å². The molecule has 7 heterocycles. The molecule has 432 valence electrons. The predicted molar refractivity (Wildman–Crippen MR) is 309 cm³/mol. The number of rotatable bonds is 12. The van der Waals surface area contributed by atoms with Crippen LogP contribution in [0.4, 0.5) is 26.5 Å². The molecule has 1 unspecified atom stereocenters. The number of aromatic nitrogens is 5. The standard InChI is InChI=1S/C59H76FN13O7S/c1-36-30-70(55-62-29-49(40(5)65-55)79-23-22-78-48-27-46-45(26-50(48)81(76,77)58(9,10)11)54(64-35-63-46)66-53-38(3)39(4)67-68-53)21-20-69(36)19-18-44-32-72(56(75)80-57(6,7)8)37(2)31-71(44)33-51(74)73-34-59(12,13)52-47(73)25-42(28-61-52)24-41-14-16-43(60)17-15-41/h14-17,25-29,35-37,40,44H,20-24,30-34H2,1-13H3,(H,62,65)(H2,63,64,66,67,68)/t36-,37-,40?,44+/m1/s1. The number of nitrogens with one attached hydrogen (secondary N) is 3. The monoisotopic (exact) mass is 1130 g/mol. The number of benzene rings is 2. The SMILES string of the molecule is Cc1[nH]nc(Nc2ncnc3cc(OCCOC4=CNC(N5CCN(C#C[C@H]6CN(C(=O)OC(C)(C)C)[C@H](C)CN6CC(=O)N6CC(C)(C)c7ncc(Cc8ccc(F)cc8)cc76)[C@H](C)C5)=NC4C)c(S(=O)(=O)C(C)(C)C)cc23)c1C. The van der Waals surface area contributed by atoms with Crippen LogP contribution in [-0.2, 0) is 35.9 Å². The van der Waals surface area contributed by atoms with Crippen molar-refractivity contribution in [1.82, 2.24) is 50.1 Å². The summed E-state index contributed by atoms with van der Waals surface area (Å²) in [4.78, 5) is 56.8. The maximum absolute atomic E-state index is 14.6. The first kappa shape index (κ1) is 58.2. The number of sulfone groups is 1. The second-order valence-electron chi connectivity index (χ2n) is 24.2. The average molecular weight is 1130 g/mol. The molecule has 2 fully saturated rings. The number of aryl methyl sites for hydroxylation is 1. The lowest BCUT2D eigenvalue weighted by Crippen LogP contribution is -2.61. The number of pyridine rings is 1. The molecule has 0 aliphatic carbocycles. The number of aliphatic imine (C=N–C) groups is 1. The number of carbonyl (C=O) groups excluding carboxylic acids is 2. The van der Waals surface area contributed by atoms with E-state index in [1.165, 1.54) is 18.5 Å². The number of carbonyl (C=O) groups is 2. The van der Waals surface area contributed by atoms with Gasteiger partial charge in [-0.15, -0.1) is 0 Å². The molecule has 3 N–H and O–H groups in total. The van der Waals surface area contributed by atoms with E-state index in [2.05, 4.69) is 78.2 Å². The molecule has 4 atom stereocenters. The molecule has 0 bridgehead atoms. The van der Waals surface area contributed by atoms with Gasteiger partial charge < -0.3 is 44.4 Å². The Balaban J connectivity index is 0.835. The fourth-order valence-corrected chi connectivity index (χ4v) is 11.6. The molecule has 5 aromatic rings. The maximum atomic E-state index is 14.6. The Labute approximate surface area is 474 Å². The molecule has 22 heteroatoms. The molecule has 0 saturated carbocycles. The second kappa shape index (κ2) is 22.8. The van der Waals surface area contributed by atoms with E-state index in [0.717, 1.165) is 33.8 Å². The summed E-state index contributed by atoms with van der Waals surface area (Å²) in [7, 11) is -3.90. The lowest BCUT2D eigenvalue weighted by atomic mass is 9.91. The normalized spacial score (nSPS) is 20.4. The number of nitrogens with zero attached hydrogens (tertiary/aromatic N) is 10. The van der Waals surface area contributed by atoms with Gasteiger partial charge in [0, 0.05) is 85.3 Å². The third-order valence-corrected chi connectivity index (χ3v) is 17.6. The summed E-state index contributed by atoms with van der Waals surface area (Å²) in [5.41, 5.74) is 4.71. The minimum atomic E-state index is -3.90. The van der Waals surface area contributed by atoms with Crippen molar-refractivity contribution in [3.05, 3.63) is 101 Å². The smallest absolute Gasteiger partial charge is 0.410 e. The Morgan fingerprint density at radius 2 is 1.64 bits per heavy atom. The second-order valence-corrected chi connectivity index (χ2v) is 26.8. The molecule has 2 amide bonds. The van der Waals surface area contributed by atoms with E-state index < -0.39 is 32.3 Å². The number of hydrogen-bond acceptors (Lipinski definition) is 17. The van der Waals surface area contributed by atoms with Crippen molar-refractivity contribution in [2.45, 2.75) is 141 Å². The first-order valence-corrected chi connectivity index (χ1v) is 29.1. The first-order valence-electron chi connectivity index (χ1n) is 27.6. The zero-order chi connectivity index (χ0) is 58.3. The number of aromatic amines is 1. The van der Waals surface area contributed by atoms with Crippen LogP contribution in [0.3, 0.4) is 0 Å². The van der Waals surface area contributed by atoms with Crippen LogP contribution < -0.4 is 20.3 Å². The van der Waals surface area contributed by atoms with Gasteiger partial charge >= 0.3 is 6.09 Å². The van der Waals surface area contributed by atoms with Crippen LogP contribution in [0.1, 0.15) is 104 Å². The van der Waals surface area contributed by atoms with E-state index in [-0.39, 0.29) is 72.2 Å². The van der Waals surface area contributed by atoms with Crippen LogP contribution in [-0.4, -0.2) is 165 Å². The summed E-state index contributed by atoms with van der Waals surface area (Å²) < 4.78 is 58.9. The van der Waals surface area contributed by atoms with E-state index in [0.29, 0.717) is 73.4 Å². The molecule has 81 heavy (non-hydrogen) atoms. The number of guanidine groups is 1. The largest absolute Gasteiger partial charge is 0.491 e. The Bertz CT molecular complexity index is 3430. The van der Waals surface area contributed by atoms with Crippen LogP contribution in [0.2, 0.25) is 0 Å². The van der Waals surface area contributed by atoms with Crippen molar-refractivity contribution in [2.24, 2.45) is 4.99 Å². The van der Waals surface area contributed by atoms with Crippen molar-refractivity contribution >= 4 is 56.0 Å². The number of ether oxygens (including phenoxy) is 3. The highest BCUT2D eigenvalue weighted by atomic mass is 32.2. The summed E-state index contributed by atoms with van der Waals surface area (Å²) in [6, 6.07) is 14.0. The molecule has 0 radical (unpaired) electrons. The fourth-order valence-electron chi connectivity index (χ4n) is 10.3. The van der Waals surface area contributed by atoms with Crippen molar-refractivity contribution < 1.29 is 36.6 Å². The summed E-state index contributed by atoms with van der Waals surface area (Å²) in [6.45, 7) is 27.7. The summed E-state index contributed by atoms with van der Waals surface area (Å²) in [6.07, 6.45) is 5.17. The van der Waals surface area contributed by atoms with Gasteiger partial charge in [-0.2, -0.15) is 5.10 Å². The van der Waals surface area contributed by atoms with Crippen molar-refractivity contribution in [1.29, 1.82) is 0 Å². The lowest BCUT2D eigenvalue weighted by molar-refractivity contribution is -0.120. The molecular formula is C59H76FN13O7S. The number of hydrogen-bond donors (Lipinski definition) is 3. The van der Waals surface area contributed by atoms with Crippen LogP contribution in [0.15, 0.2) is 76.8 Å². The van der Waals surface area contributed by atoms with Gasteiger partial charge in [0.1, 0.15) is 59.2 Å². The molecule has 9 rings (SSSR count). The summed E-state index contributed by atoms with van der Waals surface area (Å²) >= 11 is 0. The van der Waals surface area contributed by atoms with Crippen LogP contribution in [0, 0.1) is 31.6 Å². The van der Waals surface area contributed by atoms with Crippen molar-refractivity contribution in [3.8, 4) is 17.7 Å². The maximum Gasteiger partial charge on any atom is 0.410 e. The minimum absolute atomic E-state index is 0.00893. The van der Waals surface area contributed by atoms with Gasteiger partial charge in [0.25, 0.3) is 0 Å². The van der Waals surface area contributed by atoms with E-state index >= 15 is 0 Å². The molecule has 20 nitrogen and oxygen atoms in total. The third-order valence-electron chi connectivity index (χ3n) is 15.1. The van der Waals surface area contributed by atoms with Gasteiger partial charge in [0.15, 0.2) is 21.6 Å². The highest BCUT2D eigenvalue weighted by Crippen LogP contribution is 2.41. The molecular weight excluding hydrogens is 1050 g/mol. The molecule has 2 aromatic carbocycles. The van der Waals surface area contributed by atoms with Crippen molar-refractivity contribution in [3.63, 3.8) is 0 Å². The van der Waals surface area contributed by atoms with E-state index in [9.17, 15) is 22.4 Å². The van der Waals surface area contributed by atoms with E-state index in [1.54, 1.807) is 56.1 Å². The van der Waals surface area contributed by atoms with Gasteiger partial charge in [-0.1, -0.05) is 31.9 Å². The third kappa shape index (κ3) is 12.8. The highest BCUT2D eigenvalue weighted by molar-refractivity contribution is 7.92. The summed E-state index contributed by atoms with van der Waals surface area (Å²) in [5, 5.41) is 14.3. The van der Waals surface area contributed by atoms with Gasteiger partial charge in [0.2, 0.25) is 5.91 Å². The molecule has 0 spiro atoms. The molecule has 3 aromatic heterocycles. The van der Waals surface area contributed by atoms with Crippen LogP contribution in [0.5, 0.6) is 5.75 Å². The van der Waals surface area contributed by atoms with Gasteiger partial charge in [-0.3, -0.25) is 19.8 Å². The molecule has 4 aliphatic heterocycles. The highest BCUT2D eigenvalue weighted by Gasteiger charge is 2.43. The zero-order valence-corrected chi connectivity index (χ0v) is 49.6. The van der Waals surface area contributed by atoms with Crippen LogP contribution >= 0.6 is 0 Å². The zero-order valence-electron chi connectivity index (χ0n) is 48.8. The Hall–Kier alpha value is -7.51. The first-order chi connectivity index (χ1) is 38.1. The Morgan fingerprint density at radius 3 is 2.32 bits per heavy atom. The number of anilines is 3. The predicted octanol–water partition coefficient (Wildman–Crippen LogP) is 7.60. The van der Waals surface area contributed by atoms with E-state index in [1.807, 2.05) is 65.6 Å². The van der Waals surface area contributed by atoms with Gasteiger partial charge in [0.05, 0.1) is 46.8 Å². The average Bonchev–Trinajstić information content (AvgIpc) is 3.86. The minimum Gasteiger partial charge on any atom is -0.491 e. The van der Waals surface area contributed by atoms with Crippen molar-refractivity contribution in [2.75, 3.05) is 69.2 Å². The van der Waals surface area contributed by atoms with Gasteiger partial charge in [-0.05, 0) is 118 Å². The topological polar surface area (TPSA) is 216 Å². The van der Waals surface area contributed by atoms with E-state index in [4.69, 9.17) is 24.2 Å². The lowest BCUT2D eigenvalue weighted by Gasteiger charge is -2.44. The Morgan fingerprint density at radius 1 is 0.901 bits per heavy atom. The number of halogens is 1. The number of H-pyrrole nitrogens is 1. The van der Waals surface area contributed by atoms with Crippen LogP contribution in [0.25, 0.3) is 10.9 Å². The quantitative estimate of drug-likeness (QED) is 0.0810. The molecule has 2 saturated heterocycles. The molecule has 4 aliphatic rings. The number of piperazine rings is 2. The summed E-state index contributed by atoms with van der Waals surface area (Å²) in [5.74, 6) is 5.56. The Kier molecular flexibility index (Phi) is 16.4. The fraction of sp³-hybridized carbons (Fsp3) is 0.508.